The SMILES string of the molecule is Cc1c[nH]c(=S)n1-c1cc(F)c(F)cc1F. The Balaban J connectivity index is 2.74. The van der Waals surface area contributed by atoms with Gasteiger partial charge >= 0.3 is 0 Å². The highest BCUT2D eigenvalue weighted by Gasteiger charge is 2.13. The number of rotatable bonds is 1. The third-order valence-electron chi connectivity index (χ3n) is 2.19. The van der Waals surface area contributed by atoms with E-state index in [9.17, 15) is 13.2 Å². The number of aromatic nitrogens is 2. The Morgan fingerprint density at radius 3 is 2.31 bits per heavy atom. The van der Waals surface area contributed by atoms with Crippen molar-refractivity contribution in [2.75, 3.05) is 0 Å². The van der Waals surface area contributed by atoms with Crippen LogP contribution in [0, 0.1) is 29.1 Å². The van der Waals surface area contributed by atoms with E-state index < -0.39 is 17.5 Å². The van der Waals surface area contributed by atoms with Gasteiger partial charge in [-0.3, -0.25) is 4.57 Å². The molecule has 0 atom stereocenters. The van der Waals surface area contributed by atoms with Crippen LogP contribution in [0.15, 0.2) is 18.3 Å². The molecule has 0 saturated heterocycles. The first-order valence-electron chi connectivity index (χ1n) is 4.42. The Morgan fingerprint density at radius 1 is 1.12 bits per heavy atom. The molecule has 1 aromatic heterocycles. The van der Waals surface area contributed by atoms with Crippen molar-refractivity contribution in [3.8, 4) is 5.69 Å². The summed E-state index contributed by atoms with van der Waals surface area (Å²) in [6.45, 7) is 1.67. The minimum atomic E-state index is -1.22. The third-order valence-corrected chi connectivity index (χ3v) is 2.49. The van der Waals surface area contributed by atoms with E-state index in [1.165, 1.54) is 4.57 Å². The van der Waals surface area contributed by atoms with Gasteiger partial charge in [0.15, 0.2) is 16.4 Å². The van der Waals surface area contributed by atoms with Crippen molar-refractivity contribution in [3.63, 3.8) is 0 Å². The average Bonchev–Trinajstić information content (AvgIpc) is 2.53. The van der Waals surface area contributed by atoms with Crippen LogP contribution in [0.25, 0.3) is 5.69 Å². The molecule has 2 nitrogen and oxygen atoms in total. The molecular weight excluding hydrogens is 237 g/mol. The maximum absolute atomic E-state index is 13.5. The normalized spacial score (nSPS) is 10.8. The molecule has 0 spiro atoms. The smallest absolute Gasteiger partial charge is 0.182 e. The minimum absolute atomic E-state index is 0.109. The molecule has 16 heavy (non-hydrogen) atoms. The van der Waals surface area contributed by atoms with Gasteiger partial charge in [0.2, 0.25) is 0 Å². The predicted molar refractivity (Wildman–Crippen MR) is 55.6 cm³/mol. The van der Waals surface area contributed by atoms with E-state index in [-0.39, 0.29) is 10.5 Å². The summed E-state index contributed by atoms with van der Waals surface area (Å²) in [5.74, 6) is -3.20. The summed E-state index contributed by atoms with van der Waals surface area (Å²) in [5.41, 5.74) is 0.498. The zero-order chi connectivity index (χ0) is 11.9. The Bertz CT molecular complexity index is 601. The summed E-state index contributed by atoms with van der Waals surface area (Å²) in [5, 5.41) is 0. The molecule has 0 amide bonds. The molecule has 2 aromatic rings. The zero-order valence-corrected chi connectivity index (χ0v) is 9.04. The van der Waals surface area contributed by atoms with Crippen LogP contribution < -0.4 is 0 Å². The molecule has 1 aromatic carbocycles. The number of benzene rings is 1. The number of hydrogen-bond acceptors (Lipinski definition) is 1. The Hall–Kier alpha value is -1.56. The molecule has 0 aliphatic heterocycles. The van der Waals surface area contributed by atoms with Gasteiger partial charge in [0.05, 0.1) is 5.69 Å². The maximum Gasteiger partial charge on any atom is 0.182 e. The van der Waals surface area contributed by atoms with Crippen molar-refractivity contribution in [2.24, 2.45) is 0 Å². The molecule has 0 aliphatic carbocycles. The van der Waals surface area contributed by atoms with Crippen molar-refractivity contribution >= 4 is 12.2 Å². The van der Waals surface area contributed by atoms with E-state index in [0.717, 1.165) is 6.07 Å². The molecule has 2 rings (SSSR count). The lowest BCUT2D eigenvalue weighted by Gasteiger charge is -2.07. The molecule has 1 N–H and O–H groups in total. The zero-order valence-electron chi connectivity index (χ0n) is 8.22. The van der Waals surface area contributed by atoms with Gasteiger partial charge in [0, 0.05) is 24.0 Å². The first-order valence-corrected chi connectivity index (χ1v) is 4.83. The number of nitrogens with one attached hydrogen (secondary N) is 1. The highest BCUT2D eigenvalue weighted by Crippen LogP contribution is 2.19. The van der Waals surface area contributed by atoms with E-state index in [0.29, 0.717) is 11.8 Å². The molecule has 0 unspecified atom stereocenters. The molecule has 0 bridgehead atoms. The van der Waals surface area contributed by atoms with Crippen LogP contribution >= 0.6 is 12.2 Å². The fourth-order valence-corrected chi connectivity index (χ4v) is 1.74. The van der Waals surface area contributed by atoms with Crippen molar-refractivity contribution in [1.29, 1.82) is 0 Å². The van der Waals surface area contributed by atoms with E-state index in [1.807, 2.05) is 0 Å². The first-order chi connectivity index (χ1) is 7.50. The van der Waals surface area contributed by atoms with Crippen molar-refractivity contribution < 1.29 is 13.2 Å². The lowest BCUT2D eigenvalue weighted by atomic mass is 10.2. The molecule has 0 fully saturated rings. The van der Waals surface area contributed by atoms with E-state index >= 15 is 0 Å². The number of aromatic amines is 1. The Kier molecular flexibility index (Phi) is 2.59. The second-order valence-electron chi connectivity index (χ2n) is 3.29. The van der Waals surface area contributed by atoms with Gasteiger partial charge in [-0.25, -0.2) is 13.2 Å². The summed E-state index contributed by atoms with van der Waals surface area (Å²) in [6.07, 6.45) is 1.56. The van der Waals surface area contributed by atoms with E-state index in [2.05, 4.69) is 4.98 Å². The molecular formula is C10H7F3N2S. The van der Waals surface area contributed by atoms with Crippen LogP contribution in [-0.2, 0) is 0 Å². The standard InChI is InChI=1S/C10H7F3N2S/c1-5-4-14-10(16)15(5)9-3-7(12)6(11)2-8(9)13/h2-4H,1H3,(H,14,16). The highest BCUT2D eigenvalue weighted by molar-refractivity contribution is 7.71. The molecule has 1 heterocycles. The summed E-state index contributed by atoms with van der Waals surface area (Å²) in [4.78, 5) is 2.69. The van der Waals surface area contributed by atoms with Gasteiger partial charge in [-0.1, -0.05) is 0 Å². The van der Waals surface area contributed by atoms with Crippen molar-refractivity contribution in [2.45, 2.75) is 6.92 Å². The number of H-pyrrole nitrogens is 1. The van der Waals surface area contributed by atoms with Crippen LogP contribution in [0.2, 0.25) is 0 Å². The second kappa shape index (κ2) is 3.79. The summed E-state index contributed by atoms with van der Waals surface area (Å²) in [7, 11) is 0. The molecule has 84 valence electrons. The van der Waals surface area contributed by atoms with Gasteiger partial charge in [-0.2, -0.15) is 0 Å². The van der Waals surface area contributed by atoms with Crippen LogP contribution in [0.3, 0.4) is 0 Å². The summed E-state index contributed by atoms with van der Waals surface area (Å²) >= 11 is 4.92. The number of hydrogen-bond donors (Lipinski definition) is 1. The monoisotopic (exact) mass is 244 g/mol. The number of halogens is 3. The fraction of sp³-hybridized carbons (Fsp3) is 0.100. The van der Waals surface area contributed by atoms with Gasteiger partial charge in [-0.15, -0.1) is 0 Å². The number of aryl methyl sites for hydroxylation is 1. The Labute approximate surface area is 94.3 Å². The van der Waals surface area contributed by atoms with Gasteiger partial charge < -0.3 is 4.98 Å². The molecule has 0 radical (unpaired) electrons. The Morgan fingerprint density at radius 2 is 1.75 bits per heavy atom. The number of imidazole rings is 1. The van der Waals surface area contributed by atoms with E-state index in [1.54, 1.807) is 13.1 Å². The topological polar surface area (TPSA) is 20.7 Å². The third kappa shape index (κ3) is 1.65. The van der Waals surface area contributed by atoms with Crippen LogP contribution in [-0.4, -0.2) is 9.55 Å². The quantitative estimate of drug-likeness (QED) is 0.603. The van der Waals surface area contributed by atoms with Crippen molar-refractivity contribution in [3.05, 3.63) is 46.2 Å². The van der Waals surface area contributed by atoms with Gasteiger partial charge in [0.1, 0.15) is 5.82 Å². The van der Waals surface area contributed by atoms with Crippen molar-refractivity contribution in [1.82, 2.24) is 9.55 Å². The average molecular weight is 244 g/mol. The van der Waals surface area contributed by atoms with Crippen LogP contribution in [0.1, 0.15) is 5.69 Å². The van der Waals surface area contributed by atoms with Gasteiger partial charge in [-0.05, 0) is 19.1 Å². The number of nitrogens with zero attached hydrogens (tertiary/aromatic N) is 1. The molecule has 0 aliphatic rings. The lowest BCUT2D eigenvalue weighted by molar-refractivity contribution is 0.492. The highest BCUT2D eigenvalue weighted by atomic mass is 32.1. The largest absolute Gasteiger partial charge is 0.337 e. The first kappa shape index (κ1) is 10.9. The fourth-order valence-electron chi connectivity index (χ4n) is 1.44. The van der Waals surface area contributed by atoms with E-state index in [4.69, 9.17) is 12.2 Å². The molecule has 0 saturated carbocycles. The predicted octanol–water partition coefficient (Wildman–Crippen LogP) is 3.26. The summed E-state index contributed by atoms with van der Waals surface area (Å²) in [6, 6.07) is 1.28. The summed E-state index contributed by atoms with van der Waals surface area (Å²) < 4.78 is 40.7. The lowest BCUT2D eigenvalue weighted by Crippen LogP contribution is -2.02. The molecule has 6 heteroatoms. The second-order valence-corrected chi connectivity index (χ2v) is 3.68. The van der Waals surface area contributed by atoms with Crippen LogP contribution in [0.4, 0.5) is 13.2 Å². The van der Waals surface area contributed by atoms with Crippen LogP contribution in [0.5, 0.6) is 0 Å². The minimum Gasteiger partial charge on any atom is -0.337 e. The van der Waals surface area contributed by atoms with Gasteiger partial charge in [0.25, 0.3) is 0 Å². The maximum atomic E-state index is 13.5.